The van der Waals surface area contributed by atoms with Crippen molar-refractivity contribution in [3.63, 3.8) is 0 Å². The van der Waals surface area contributed by atoms with Crippen molar-refractivity contribution >= 4 is 16.7 Å². The minimum absolute atomic E-state index is 0.444. The lowest BCUT2D eigenvalue weighted by Gasteiger charge is -1.99. The van der Waals surface area contributed by atoms with Crippen molar-refractivity contribution in [2.45, 2.75) is 13.5 Å². The highest BCUT2D eigenvalue weighted by Gasteiger charge is 2.15. The monoisotopic (exact) mass is 216 g/mol. The molecule has 0 aliphatic heterocycles. The average molecular weight is 216 g/mol. The largest absolute Gasteiger partial charge is 0.325 e. The van der Waals surface area contributed by atoms with Crippen LogP contribution >= 0.6 is 0 Å². The smallest absolute Gasteiger partial charge is 0.182 e. The number of hydrogen-bond donors (Lipinski definition) is 1. The van der Waals surface area contributed by atoms with Crippen LogP contribution in [0.3, 0.4) is 0 Å². The average Bonchev–Trinajstić information content (AvgIpc) is 2.78. The van der Waals surface area contributed by atoms with E-state index in [2.05, 4.69) is 15.2 Å². The molecule has 0 saturated carbocycles. The number of nitrogens with zero attached hydrogens (tertiary/aromatic N) is 5. The molecule has 3 heterocycles. The molecule has 0 spiro atoms. The summed E-state index contributed by atoms with van der Waals surface area (Å²) < 4.78 is 3.55. The van der Waals surface area contributed by atoms with Gasteiger partial charge in [0.25, 0.3) is 0 Å². The lowest BCUT2D eigenvalue weighted by atomic mass is 10.3. The summed E-state index contributed by atoms with van der Waals surface area (Å²) in [6.45, 7) is 2.40. The van der Waals surface area contributed by atoms with Crippen molar-refractivity contribution in [1.29, 1.82) is 0 Å². The van der Waals surface area contributed by atoms with E-state index in [0.717, 1.165) is 28.1 Å². The molecule has 0 atom stereocenters. The maximum Gasteiger partial charge on any atom is 0.182 e. The zero-order valence-electron chi connectivity index (χ0n) is 9.18. The van der Waals surface area contributed by atoms with E-state index in [1.165, 1.54) is 0 Å². The second-order valence-corrected chi connectivity index (χ2v) is 3.78. The van der Waals surface area contributed by atoms with E-state index in [9.17, 15) is 0 Å². The Hall–Kier alpha value is -1.95. The van der Waals surface area contributed by atoms with Gasteiger partial charge in [-0.3, -0.25) is 0 Å². The third-order valence-electron chi connectivity index (χ3n) is 2.76. The lowest BCUT2D eigenvalue weighted by Crippen LogP contribution is -2.06. The molecule has 3 aromatic rings. The standard InChI is InChI=1S/C10H12N6/c1-6-8-9-12-4-3-7(5-11)16(9)14-10(8)15(2)13-6/h3-4H,5,11H2,1-2H3. The van der Waals surface area contributed by atoms with Crippen LogP contribution in [0.4, 0.5) is 0 Å². The molecule has 0 bridgehead atoms. The number of fused-ring (bicyclic) bond motifs is 3. The van der Waals surface area contributed by atoms with Crippen molar-refractivity contribution in [2.24, 2.45) is 12.8 Å². The third kappa shape index (κ3) is 1.02. The highest BCUT2D eigenvalue weighted by atomic mass is 15.4. The Morgan fingerprint density at radius 2 is 2.12 bits per heavy atom. The van der Waals surface area contributed by atoms with Crippen LogP contribution < -0.4 is 5.73 Å². The van der Waals surface area contributed by atoms with Gasteiger partial charge in [0.2, 0.25) is 0 Å². The molecule has 0 fully saturated rings. The molecule has 3 rings (SSSR count). The van der Waals surface area contributed by atoms with Gasteiger partial charge < -0.3 is 5.73 Å². The molecule has 0 radical (unpaired) electrons. The maximum absolute atomic E-state index is 5.67. The first-order valence-corrected chi connectivity index (χ1v) is 5.08. The van der Waals surface area contributed by atoms with Crippen LogP contribution in [0, 0.1) is 6.92 Å². The molecule has 3 aromatic heterocycles. The molecule has 6 heteroatoms. The van der Waals surface area contributed by atoms with Crippen LogP contribution in [0.5, 0.6) is 0 Å². The SMILES string of the molecule is Cc1nn(C)c2nn3c(CN)ccnc3c12. The first-order chi connectivity index (χ1) is 7.72. The van der Waals surface area contributed by atoms with Crippen LogP contribution in [0.1, 0.15) is 11.4 Å². The number of rotatable bonds is 1. The number of aryl methyl sites for hydroxylation is 2. The molecule has 2 N–H and O–H groups in total. The van der Waals surface area contributed by atoms with Gasteiger partial charge in [0.05, 0.1) is 16.8 Å². The lowest BCUT2D eigenvalue weighted by molar-refractivity contribution is 0.750. The van der Waals surface area contributed by atoms with Gasteiger partial charge in [0.15, 0.2) is 11.3 Å². The summed E-state index contributed by atoms with van der Waals surface area (Å²) in [5.41, 5.74) is 9.22. The predicted molar refractivity (Wildman–Crippen MR) is 59.9 cm³/mol. The van der Waals surface area contributed by atoms with Gasteiger partial charge in [-0.25, -0.2) is 14.2 Å². The molecule has 82 valence electrons. The summed E-state index contributed by atoms with van der Waals surface area (Å²) in [6.07, 6.45) is 1.76. The van der Waals surface area contributed by atoms with Gasteiger partial charge in [-0.2, -0.15) is 5.10 Å². The quantitative estimate of drug-likeness (QED) is 0.638. The van der Waals surface area contributed by atoms with Gasteiger partial charge >= 0.3 is 0 Å². The minimum Gasteiger partial charge on any atom is -0.325 e. The number of nitrogens with two attached hydrogens (primary N) is 1. The van der Waals surface area contributed by atoms with E-state index in [1.807, 2.05) is 20.0 Å². The summed E-state index contributed by atoms with van der Waals surface area (Å²) in [7, 11) is 1.88. The van der Waals surface area contributed by atoms with E-state index in [4.69, 9.17) is 5.73 Å². The maximum atomic E-state index is 5.67. The van der Waals surface area contributed by atoms with Crippen LogP contribution in [0.25, 0.3) is 16.7 Å². The summed E-state index contributed by atoms with van der Waals surface area (Å²) in [5.74, 6) is 0. The molecule has 0 amide bonds. The second kappa shape index (κ2) is 3.02. The van der Waals surface area contributed by atoms with Gasteiger partial charge in [0, 0.05) is 19.8 Å². The minimum atomic E-state index is 0.444. The summed E-state index contributed by atoms with van der Waals surface area (Å²) in [5, 5.41) is 9.80. The second-order valence-electron chi connectivity index (χ2n) is 3.78. The number of hydrogen-bond acceptors (Lipinski definition) is 4. The van der Waals surface area contributed by atoms with Crippen molar-refractivity contribution in [3.8, 4) is 0 Å². The van der Waals surface area contributed by atoms with E-state index < -0.39 is 0 Å². The number of aromatic nitrogens is 5. The molecule has 6 nitrogen and oxygen atoms in total. The van der Waals surface area contributed by atoms with Crippen LogP contribution in [0.2, 0.25) is 0 Å². The van der Waals surface area contributed by atoms with E-state index in [0.29, 0.717) is 6.54 Å². The normalized spacial score (nSPS) is 11.7. The third-order valence-corrected chi connectivity index (χ3v) is 2.76. The Labute approximate surface area is 91.7 Å². The van der Waals surface area contributed by atoms with Crippen LogP contribution in [0.15, 0.2) is 12.3 Å². The van der Waals surface area contributed by atoms with Crippen molar-refractivity contribution in [1.82, 2.24) is 24.4 Å². The molecular formula is C10H12N6. The van der Waals surface area contributed by atoms with E-state index in [-0.39, 0.29) is 0 Å². The van der Waals surface area contributed by atoms with Gasteiger partial charge in [-0.15, -0.1) is 5.10 Å². The topological polar surface area (TPSA) is 74.0 Å². The van der Waals surface area contributed by atoms with Crippen molar-refractivity contribution in [3.05, 3.63) is 23.7 Å². The zero-order valence-corrected chi connectivity index (χ0v) is 9.18. The van der Waals surface area contributed by atoms with Gasteiger partial charge in [0.1, 0.15) is 0 Å². The molecule has 0 aromatic carbocycles. The van der Waals surface area contributed by atoms with E-state index >= 15 is 0 Å². The molecular weight excluding hydrogens is 204 g/mol. The van der Waals surface area contributed by atoms with Crippen LogP contribution in [-0.2, 0) is 13.6 Å². The Balaban J connectivity index is 2.56. The highest BCUT2D eigenvalue weighted by molar-refractivity contribution is 5.92. The highest BCUT2D eigenvalue weighted by Crippen LogP contribution is 2.21. The van der Waals surface area contributed by atoms with E-state index in [1.54, 1.807) is 15.4 Å². The van der Waals surface area contributed by atoms with Crippen molar-refractivity contribution < 1.29 is 0 Å². The molecule has 16 heavy (non-hydrogen) atoms. The fourth-order valence-corrected chi connectivity index (χ4v) is 2.01. The van der Waals surface area contributed by atoms with Crippen LogP contribution in [-0.4, -0.2) is 24.4 Å². The Kier molecular flexibility index (Phi) is 1.75. The summed E-state index contributed by atoms with van der Waals surface area (Å²) >= 11 is 0. The summed E-state index contributed by atoms with van der Waals surface area (Å²) in [4.78, 5) is 4.34. The Morgan fingerprint density at radius 3 is 2.88 bits per heavy atom. The Bertz CT molecular complexity index is 677. The first-order valence-electron chi connectivity index (χ1n) is 5.08. The molecule has 0 unspecified atom stereocenters. The zero-order chi connectivity index (χ0) is 11.3. The van der Waals surface area contributed by atoms with Gasteiger partial charge in [-0.1, -0.05) is 0 Å². The molecule has 0 aliphatic carbocycles. The first kappa shape index (κ1) is 9.29. The van der Waals surface area contributed by atoms with Crippen molar-refractivity contribution in [2.75, 3.05) is 0 Å². The van der Waals surface area contributed by atoms with Gasteiger partial charge in [-0.05, 0) is 13.0 Å². The molecule has 0 saturated heterocycles. The molecule has 0 aliphatic rings. The fraction of sp³-hybridized carbons (Fsp3) is 0.300. The summed E-state index contributed by atoms with van der Waals surface area (Å²) in [6, 6.07) is 1.88. The Morgan fingerprint density at radius 1 is 1.31 bits per heavy atom. The fourth-order valence-electron chi connectivity index (χ4n) is 2.01. The predicted octanol–water partition coefficient (Wildman–Crippen LogP) is 0.383.